The van der Waals surface area contributed by atoms with E-state index in [2.05, 4.69) is 75.6 Å². The Kier molecular flexibility index (Phi) is 11.9. The maximum absolute atomic E-state index is 13.1. The first-order chi connectivity index (χ1) is 33.6. The number of pyridine rings is 4. The molecule has 0 spiro atoms. The van der Waals surface area contributed by atoms with E-state index in [-0.39, 0.29) is 35.8 Å². The number of imidazole rings is 4. The van der Waals surface area contributed by atoms with Gasteiger partial charge < -0.3 is 28.4 Å². The van der Waals surface area contributed by atoms with Crippen LogP contribution in [0.25, 0.3) is 22.3 Å². The summed E-state index contributed by atoms with van der Waals surface area (Å²) in [5.41, 5.74) is 18.9. The van der Waals surface area contributed by atoms with Gasteiger partial charge in [-0.1, -0.05) is 45.8 Å². The molecule has 14 rings (SSSR count). The zero-order valence-electron chi connectivity index (χ0n) is 37.6. The number of carboxylic acids is 1. The molecule has 0 radical (unpaired) electrons. The summed E-state index contributed by atoms with van der Waals surface area (Å²) in [7, 11) is 0. The number of aromatic nitrogens is 14. The van der Waals surface area contributed by atoms with E-state index in [0.717, 1.165) is 86.4 Å². The number of nitrogens with two attached hydrogens (primary N) is 1. The first-order valence-corrected chi connectivity index (χ1v) is 23.9. The predicted molar refractivity (Wildman–Crippen MR) is 262 cm³/mol. The summed E-state index contributed by atoms with van der Waals surface area (Å²) in [5.74, 6) is 0.353. The van der Waals surface area contributed by atoms with Gasteiger partial charge in [0, 0.05) is 65.6 Å². The second-order valence-electron chi connectivity index (χ2n) is 18.4. The summed E-state index contributed by atoms with van der Waals surface area (Å²) in [6, 6.07) is 12.2. The van der Waals surface area contributed by atoms with Crippen molar-refractivity contribution in [1.82, 2.24) is 67.5 Å². The average molecular weight is 999 g/mol. The number of ketones is 1. The molecule has 0 aromatic carbocycles. The maximum atomic E-state index is 13.1. The second-order valence-corrected chi connectivity index (χ2v) is 19.3. The predicted octanol–water partition coefficient (Wildman–Crippen LogP) is 8.36. The van der Waals surface area contributed by atoms with Crippen LogP contribution in [0.1, 0.15) is 135 Å². The molecule has 4 aliphatic carbocycles. The number of carboxylic acid groups (broad SMARTS) is 1. The zero-order valence-corrected chi connectivity index (χ0v) is 39.9. The molecule has 10 aromatic heterocycles. The van der Waals surface area contributed by atoms with Crippen LogP contribution in [0.5, 0.6) is 0 Å². The summed E-state index contributed by atoms with van der Waals surface area (Å²) < 4.78 is 11.2. The van der Waals surface area contributed by atoms with Gasteiger partial charge in [0.15, 0.2) is 11.5 Å². The monoisotopic (exact) mass is 997 g/mol. The molecule has 10 heterocycles. The summed E-state index contributed by atoms with van der Waals surface area (Å²) in [4.78, 5) is 42.0. The van der Waals surface area contributed by atoms with Gasteiger partial charge in [0.05, 0.1) is 71.9 Å². The molecule has 70 heavy (non-hydrogen) atoms. The zero-order chi connectivity index (χ0) is 46.9. The van der Waals surface area contributed by atoms with Crippen LogP contribution in [-0.2, 0) is 25.9 Å². The molecule has 356 valence electrons. The van der Waals surface area contributed by atoms with Crippen molar-refractivity contribution < 1.29 is 14.7 Å². The third-order valence-electron chi connectivity index (χ3n) is 13.5. The van der Waals surface area contributed by atoms with Crippen LogP contribution in [-0.4, -0.2) is 84.4 Å². The minimum absolute atomic E-state index is 0. The number of halogens is 3. The van der Waals surface area contributed by atoms with Gasteiger partial charge in [-0.15, -0.1) is 22.6 Å². The van der Waals surface area contributed by atoms with E-state index >= 15 is 0 Å². The van der Waals surface area contributed by atoms with Gasteiger partial charge in [0.2, 0.25) is 0 Å². The molecular formula is C49H46Cl3N15O3. The number of fused-ring (bicyclic) bond motifs is 2. The number of carbonyl (C=O) groups is 2. The standard InChI is InChI=1S/C25H22ClN7O.C14H13N5O2.C10H10ClN3.ClH/c26-20-7-8-31-14-27-24-16(3-5-19(20)25(24)31)9-22(34)21-13-33(30-29-21)12-18-11-32-10-17(15-1-2-15)4-6-23(32)28-18;20-14(21)12-8-19(17-16-12)7-11-6-18-5-10(9-1-2-9)3-4-13(18)15-11;11-7-3-4-14-5-13-9-8(12)2-1-6(7)10(9)14;/h4,6-8,10-11,13-16H,1-3,5,9,12H2;3-6,8-9H,1-2,7H2,(H,20,21);3-5,8H,1-2,12H2;1H. The highest BCUT2D eigenvalue weighted by molar-refractivity contribution is 6.32. The third-order valence-corrected chi connectivity index (χ3v) is 14.3. The van der Waals surface area contributed by atoms with E-state index in [4.69, 9.17) is 34.0 Å². The number of hydrogen-bond donors (Lipinski definition) is 2. The van der Waals surface area contributed by atoms with Crippen LogP contribution < -0.4 is 5.73 Å². The van der Waals surface area contributed by atoms with Crippen molar-refractivity contribution in [2.75, 3.05) is 0 Å². The van der Waals surface area contributed by atoms with Gasteiger partial charge in [0.25, 0.3) is 0 Å². The van der Waals surface area contributed by atoms with Crippen molar-refractivity contribution >= 4 is 69.7 Å². The molecule has 0 amide bonds. The molecule has 21 heteroatoms. The van der Waals surface area contributed by atoms with Crippen LogP contribution in [0, 0.1) is 0 Å². The minimum atomic E-state index is -1.08. The molecule has 4 aliphatic rings. The maximum Gasteiger partial charge on any atom is 0.358 e. The van der Waals surface area contributed by atoms with Crippen molar-refractivity contribution in [2.45, 2.75) is 94.7 Å². The van der Waals surface area contributed by atoms with Crippen molar-refractivity contribution in [3.63, 3.8) is 0 Å². The number of aryl methyl sites for hydroxylation is 2. The third kappa shape index (κ3) is 8.91. The van der Waals surface area contributed by atoms with E-state index in [1.165, 1.54) is 53.3 Å². The molecule has 0 bridgehead atoms. The fourth-order valence-corrected chi connectivity index (χ4v) is 10.2. The highest BCUT2D eigenvalue weighted by Crippen LogP contribution is 2.41. The van der Waals surface area contributed by atoms with Gasteiger partial charge in [-0.05, 0) is 110 Å². The Labute approximate surface area is 415 Å². The van der Waals surface area contributed by atoms with Crippen molar-refractivity contribution in [3.8, 4) is 0 Å². The number of rotatable bonds is 10. The van der Waals surface area contributed by atoms with Crippen LogP contribution in [0.3, 0.4) is 0 Å². The Hall–Kier alpha value is -6.99. The van der Waals surface area contributed by atoms with Gasteiger partial charge in [-0.25, -0.2) is 34.1 Å². The van der Waals surface area contributed by atoms with E-state index in [0.29, 0.717) is 37.0 Å². The number of hydrogen-bond acceptors (Lipinski definition) is 11. The van der Waals surface area contributed by atoms with Gasteiger partial charge in [0.1, 0.15) is 17.0 Å². The first kappa shape index (κ1) is 45.5. The molecule has 2 unspecified atom stereocenters. The quantitative estimate of drug-likeness (QED) is 0.124. The Morgan fingerprint density at radius 3 is 1.69 bits per heavy atom. The highest BCUT2D eigenvalue weighted by Gasteiger charge is 2.30. The fraction of sp³-hybridized carbons (Fsp3) is 0.306. The summed E-state index contributed by atoms with van der Waals surface area (Å²) in [6.45, 7) is 0.873. The van der Waals surface area contributed by atoms with Crippen molar-refractivity contribution in [1.29, 1.82) is 0 Å². The second kappa shape index (κ2) is 18.4. The minimum Gasteiger partial charge on any atom is -0.476 e. The molecule has 2 fully saturated rings. The van der Waals surface area contributed by atoms with E-state index in [1.807, 2.05) is 56.2 Å². The lowest BCUT2D eigenvalue weighted by Gasteiger charge is -2.21. The topological polar surface area (TPSA) is 211 Å². The highest BCUT2D eigenvalue weighted by atomic mass is 35.5. The number of aromatic carboxylic acids is 1. The van der Waals surface area contributed by atoms with E-state index in [1.54, 1.807) is 23.5 Å². The van der Waals surface area contributed by atoms with Gasteiger partial charge in [-0.2, -0.15) is 0 Å². The van der Waals surface area contributed by atoms with E-state index < -0.39 is 5.97 Å². The summed E-state index contributed by atoms with van der Waals surface area (Å²) in [6.07, 6.45) is 27.8. The van der Waals surface area contributed by atoms with E-state index in [9.17, 15) is 9.59 Å². The Morgan fingerprint density at radius 2 is 1.14 bits per heavy atom. The Balaban J connectivity index is 0.000000126. The largest absolute Gasteiger partial charge is 0.476 e. The lowest BCUT2D eigenvalue weighted by molar-refractivity contribution is 0.0690. The smallest absolute Gasteiger partial charge is 0.358 e. The molecule has 18 nitrogen and oxygen atoms in total. The Morgan fingerprint density at radius 1 is 0.629 bits per heavy atom. The van der Waals surface area contributed by atoms with Crippen LogP contribution in [0.4, 0.5) is 0 Å². The molecule has 2 saturated carbocycles. The molecule has 2 atom stereocenters. The SMILES string of the molecule is Cl.NC1CCc2c(Cl)ccn3cnc1c23.O=C(CC1CCc2c(Cl)ccn3cnc1c23)c1cn(Cc2cn3cc(C4CC4)ccc3n2)nn1.O=C(O)c1cn(Cc2cn3cc(C4CC4)ccc3n2)nn1. The Bertz CT molecular complexity index is 3620. The molecule has 0 aliphatic heterocycles. The fourth-order valence-electron chi connectivity index (χ4n) is 9.68. The van der Waals surface area contributed by atoms with Crippen LogP contribution in [0.15, 0.2) is 98.6 Å². The van der Waals surface area contributed by atoms with Crippen molar-refractivity contribution in [3.05, 3.63) is 165 Å². The van der Waals surface area contributed by atoms with Crippen molar-refractivity contribution in [2.24, 2.45) is 5.73 Å². The normalized spacial score (nSPS) is 17.0. The molecule has 10 aromatic rings. The van der Waals surface area contributed by atoms with Crippen LogP contribution in [0.2, 0.25) is 10.0 Å². The summed E-state index contributed by atoms with van der Waals surface area (Å²) >= 11 is 12.5. The number of carbonyl (C=O) groups excluding carboxylic acids is 1. The lowest BCUT2D eigenvalue weighted by atomic mass is 9.85. The summed E-state index contributed by atoms with van der Waals surface area (Å²) in [5, 5.41) is 26.1. The first-order valence-electron chi connectivity index (χ1n) is 23.1. The average Bonchev–Trinajstić information content (AvgIpc) is 3.90. The molecular weight excluding hydrogens is 953 g/mol. The van der Waals surface area contributed by atoms with Gasteiger partial charge >= 0.3 is 5.97 Å². The number of Topliss-reactive ketones (excluding diaryl/α,β-unsaturated/α-hetero) is 1. The molecule has 3 N–H and O–H groups in total. The molecule has 0 saturated heterocycles. The van der Waals surface area contributed by atoms with Gasteiger partial charge in [-0.3, -0.25) is 4.79 Å². The lowest BCUT2D eigenvalue weighted by Crippen LogP contribution is -2.16. The number of nitrogens with zero attached hydrogens (tertiary/aromatic N) is 14. The van der Waals surface area contributed by atoms with Crippen LogP contribution >= 0.6 is 35.6 Å².